The Hall–Kier alpha value is -1.20. The second kappa shape index (κ2) is 5.20. The topological polar surface area (TPSA) is 53.6 Å². The van der Waals surface area contributed by atoms with E-state index in [1.165, 1.54) is 5.69 Å². The molecule has 0 saturated carbocycles. The van der Waals surface area contributed by atoms with Crippen molar-refractivity contribution in [2.24, 2.45) is 0 Å². The molecule has 0 radical (unpaired) electrons. The van der Waals surface area contributed by atoms with Crippen molar-refractivity contribution < 1.29 is 0 Å². The summed E-state index contributed by atoms with van der Waals surface area (Å²) in [6.45, 7) is 2.16. The molecule has 0 atom stereocenters. The number of piperidine rings is 1. The molecule has 94 valence electrons. The molecule has 1 fully saturated rings. The van der Waals surface area contributed by atoms with E-state index in [-0.39, 0.29) is 0 Å². The maximum Gasteiger partial charge on any atom is 0.125 e. The first-order valence-corrected chi connectivity index (χ1v) is 7.01. The molecule has 0 aliphatic carbocycles. The molecule has 2 N–H and O–H groups in total. The number of aromatic amines is 1. The van der Waals surface area contributed by atoms with Gasteiger partial charge in [-0.25, -0.2) is 0 Å². The van der Waals surface area contributed by atoms with E-state index in [2.05, 4.69) is 36.4 Å². The van der Waals surface area contributed by atoms with E-state index in [0.717, 1.165) is 41.8 Å². The van der Waals surface area contributed by atoms with E-state index < -0.39 is 0 Å². The molecule has 1 aliphatic rings. The number of pyridine rings is 1. The number of rotatable bonds is 2. The van der Waals surface area contributed by atoms with E-state index in [1.807, 2.05) is 18.2 Å². The maximum absolute atomic E-state index is 4.41. The predicted octanol–water partition coefficient (Wildman–Crippen LogP) is 2.70. The van der Waals surface area contributed by atoms with Crippen molar-refractivity contribution in [3.63, 3.8) is 0 Å². The highest BCUT2D eigenvalue weighted by molar-refractivity contribution is 9.10. The van der Waals surface area contributed by atoms with Crippen LogP contribution in [-0.4, -0.2) is 28.3 Å². The number of H-pyrrole nitrogens is 1. The average molecular weight is 307 g/mol. The van der Waals surface area contributed by atoms with Crippen LogP contribution in [0.1, 0.15) is 24.5 Å². The van der Waals surface area contributed by atoms with Crippen molar-refractivity contribution >= 4 is 15.9 Å². The van der Waals surface area contributed by atoms with Crippen molar-refractivity contribution in [2.75, 3.05) is 13.1 Å². The number of aromatic nitrogens is 3. The summed E-state index contributed by atoms with van der Waals surface area (Å²) in [5.74, 6) is 0.561. The Morgan fingerprint density at radius 3 is 2.78 bits per heavy atom. The zero-order chi connectivity index (χ0) is 12.4. The lowest BCUT2D eigenvalue weighted by Gasteiger charge is -2.21. The molecule has 0 spiro atoms. The molecule has 5 heteroatoms. The fraction of sp³-hybridized carbons (Fsp3) is 0.385. The second-order valence-corrected chi connectivity index (χ2v) is 5.33. The molecule has 0 amide bonds. The zero-order valence-electron chi connectivity index (χ0n) is 9.99. The minimum absolute atomic E-state index is 0.561. The van der Waals surface area contributed by atoms with Crippen molar-refractivity contribution in [3.05, 3.63) is 34.6 Å². The summed E-state index contributed by atoms with van der Waals surface area (Å²) in [6, 6.07) is 5.87. The number of hydrogen-bond acceptors (Lipinski definition) is 3. The van der Waals surface area contributed by atoms with Gasteiger partial charge < -0.3 is 5.32 Å². The molecular weight excluding hydrogens is 292 g/mol. The summed E-state index contributed by atoms with van der Waals surface area (Å²) in [4.78, 5) is 4.34. The number of nitrogens with one attached hydrogen (secondary N) is 2. The molecule has 4 nitrogen and oxygen atoms in total. The summed E-state index contributed by atoms with van der Waals surface area (Å²) in [7, 11) is 0. The summed E-state index contributed by atoms with van der Waals surface area (Å²) in [5.41, 5.74) is 3.02. The van der Waals surface area contributed by atoms with Gasteiger partial charge in [0.15, 0.2) is 0 Å². The van der Waals surface area contributed by atoms with E-state index >= 15 is 0 Å². The number of nitrogens with zero attached hydrogens (tertiary/aromatic N) is 2. The molecule has 2 aromatic rings. The van der Waals surface area contributed by atoms with Gasteiger partial charge in [0.25, 0.3) is 0 Å². The Balaban J connectivity index is 1.92. The first kappa shape index (κ1) is 11.9. The van der Waals surface area contributed by atoms with Gasteiger partial charge in [-0.1, -0.05) is 6.07 Å². The molecular formula is C13H15BrN4. The lowest BCUT2D eigenvalue weighted by molar-refractivity contribution is 0.452. The van der Waals surface area contributed by atoms with Gasteiger partial charge in [0.1, 0.15) is 5.69 Å². The molecule has 0 aromatic carbocycles. The normalized spacial score (nSPS) is 16.9. The molecule has 0 unspecified atom stereocenters. The van der Waals surface area contributed by atoms with Crippen LogP contribution in [0, 0.1) is 0 Å². The van der Waals surface area contributed by atoms with Gasteiger partial charge in [-0.15, -0.1) is 0 Å². The average Bonchev–Trinajstić information content (AvgIpc) is 2.83. The summed E-state index contributed by atoms with van der Waals surface area (Å²) in [6.07, 6.45) is 4.10. The fourth-order valence-corrected chi connectivity index (χ4v) is 3.10. The predicted molar refractivity (Wildman–Crippen MR) is 74.4 cm³/mol. The highest BCUT2D eigenvalue weighted by Gasteiger charge is 2.22. The van der Waals surface area contributed by atoms with Gasteiger partial charge in [-0.05, 0) is 54.0 Å². The summed E-state index contributed by atoms with van der Waals surface area (Å²) < 4.78 is 1.06. The highest BCUT2D eigenvalue weighted by atomic mass is 79.9. The van der Waals surface area contributed by atoms with Crippen LogP contribution in [0.5, 0.6) is 0 Å². The second-order valence-electron chi connectivity index (χ2n) is 4.54. The van der Waals surface area contributed by atoms with Crippen molar-refractivity contribution in [1.82, 2.24) is 20.5 Å². The highest BCUT2D eigenvalue weighted by Crippen LogP contribution is 2.34. The molecule has 1 aliphatic heterocycles. The van der Waals surface area contributed by atoms with E-state index in [0.29, 0.717) is 5.92 Å². The Kier molecular flexibility index (Phi) is 3.43. The van der Waals surface area contributed by atoms with Crippen molar-refractivity contribution in [1.29, 1.82) is 0 Å². The van der Waals surface area contributed by atoms with E-state index in [4.69, 9.17) is 0 Å². The largest absolute Gasteiger partial charge is 0.317 e. The van der Waals surface area contributed by atoms with Crippen LogP contribution in [0.15, 0.2) is 28.9 Å². The van der Waals surface area contributed by atoms with Crippen LogP contribution in [-0.2, 0) is 0 Å². The van der Waals surface area contributed by atoms with Crippen molar-refractivity contribution in [2.45, 2.75) is 18.8 Å². The maximum atomic E-state index is 4.41. The zero-order valence-corrected chi connectivity index (χ0v) is 11.6. The molecule has 1 saturated heterocycles. The first-order chi connectivity index (χ1) is 8.86. The molecule has 3 heterocycles. The summed E-state index contributed by atoms with van der Waals surface area (Å²) in [5, 5.41) is 11.0. The van der Waals surface area contributed by atoms with Gasteiger partial charge in [0.2, 0.25) is 0 Å². The lowest BCUT2D eigenvalue weighted by atomic mass is 9.94. The van der Waals surface area contributed by atoms with E-state index in [9.17, 15) is 0 Å². The molecule has 0 bridgehead atoms. The smallest absolute Gasteiger partial charge is 0.125 e. The standard InChI is InChI=1S/C13H15BrN4/c14-11-12(9-4-7-15-8-5-9)17-18-13(11)10-3-1-2-6-16-10/h1-3,6,9,15H,4-5,7-8H2,(H,17,18). The summed E-state index contributed by atoms with van der Waals surface area (Å²) >= 11 is 3.67. The van der Waals surface area contributed by atoms with Gasteiger partial charge >= 0.3 is 0 Å². The van der Waals surface area contributed by atoms with E-state index in [1.54, 1.807) is 6.20 Å². The Morgan fingerprint density at radius 2 is 2.06 bits per heavy atom. The van der Waals surface area contributed by atoms with Crippen LogP contribution >= 0.6 is 15.9 Å². The quantitative estimate of drug-likeness (QED) is 0.897. The van der Waals surface area contributed by atoms with Crippen LogP contribution in [0.2, 0.25) is 0 Å². The third-order valence-electron chi connectivity index (χ3n) is 3.39. The van der Waals surface area contributed by atoms with Crippen LogP contribution in [0.4, 0.5) is 0 Å². The minimum atomic E-state index is 0.561. The Morgan fingerprint density at radius 1 is 1.22 bits per heavy atom. The van der Waals surface area contributed by atoms with Gasteiger partial charge in [-0.3, -0.25) is 10.1 Å². The first-order valence-electron chi connectivity index (χ1n) is 6.22. The van der Waals surface area contributed by atoms with Crippen LogP contribution in [0.25, 0.3) is 11.4 Å². The molecule has 3 rings (SSSR count). The molecule has 2 aromatic heterocycles. The van der Waals surface area contributed by atoms with Crippen molar-refractivity contribution in [3.8, 4) is 11.4 Å². The SMILES string of the molecule is Brc1c(-c2ccccn2)n[nH]c1C1CCNCC1. The minimum Gasteiger partial charge on any atom is -0.317 e. The van der Waals surface area contributed by atoms with Gasteiger partial charge in [-0.2, -0.15) is 5.10 Å². The number of halogens is 1. The third-order valence-corrected chi connectivity index (χ3v) is 4.19. The Bertz CT molecular complexity index is 517. The Labute approximate surface area is 114 Å². The van der Waals surface area contributed by atoms with Gasteiger partial charge in [0, 0.05) is 12.1 Å². The molecule has 18 heavy (non-hydrogen) atoms. The number of hydrogen-bond donors (Lipinski definition) is 2. The van der Waals surface area contributed by atoms with Crippen LogP contribution < -0.4 is 5.32 Å². The lowest BCUT2D eigenvalue weighted by Crippen LogP contribution is -2.26. The fourth-order valence-electron chi connectivity index (χ4n) is 2.40. The monoisotopic (exact) mass is 306 g/mol. The van der Waals surface area contributed by atoms with Gasteiger partial charge in [0.05, 0.1) is 15.9 Å². The third kappa shape index (κ3) is 2.20. The van der Waals surface area contributed by atoms with Crippen LogP contribution in [0.3, 0.4) is 0 Å².